The summed E-state index contributed by atoms with van der Waals surface area (Å²) in [5, 5.41) is 3.64. The fraction of sp³-hybridized carbons (Fsp3) is 0.190. The smallest absolute Gasteiger partial charge is 0.388 e. The second-order valence-corrected chi connectivity index (χ2v) is 6.94. The van der Waals surface area contributed by atoms with Crippen LogP contribution in [0.5, 0.6) is 5.88 Å². The highest BCUT2D eigenvalue weighted by atomic mass is 19.4. The lowest BCUT2D eigenvalue weighted by molar-refractivity contribution is -0.276. The van der Waals surface area contributed by atoms with E-state index in [1.807, 2.05) is 29.0 Å². The molecule has 0 radical (unpaired) electrons. The van der Waals surface area contributed by atoms with Crippen molar-refractivity contribution < 1.29 is 22.7 Å². The van der Waals surface area contributed by atoms with Gasteiger partial charge in [-0.05, 0) is 30.7 Å². The summed E-state index contributed by atoms with van der Waals surface area (Å²) in [6.45, 7) is 2.23. The number of H-pyrrole nitrogens is 1. The number of aromatic nitrogens is 4. The predicted octanol–water partition coefficient (Wildman–Crippen LogP) is 4.20. The minimum Gasteiger partial charge on any atom is -0.388 e. The van der Waals surface area contributed by atoms with E-state index in [4.69, 9.17) is 0 Å². The molecule has 4 rings (SSSR count). The van der Waals surface area contributed by atoms with E-state index in [0.29, 0.717) is 12.2 Å². The summed E-state index contributed by atoms with van der Waals surface area (Å²) in [4.78, 5) is 23.7. The number of aromatic amines is 1. The van der Waals surface area contributed by atoms with Gasteiger partial charge < -0.3 is 19.6 Å². The van der Waals surface area contributed by atoms with Crippen molar-refractivity contribution in [2.45, 2.75) is 25.9 Å². The summed E-state index contributed by atoms with van der Waals surface area (Å²) in [6, 6.07) is 10.8. The Morgan fingerprint density at radius 1 is 1.26 bits per heavy atom. The molecule has 0 fully saturated rings. The van der Waals surface area contributed by atoms with Gasteiger partial charge in [-0.3, -0.25) is 4.79 Å². The van der Waals surface area contributed by atoms with Gasteiger partial charge in [-0.25, -0.2) is 9.97 Å². The van der Waals surface area contributed by atoms with Gasteiger partial charge in [-0.15, -0.1) is 13.2 Å². The van der Waals surface area contributed by atoms with Gasteiger partial charge in [0.1, 0.15) is 5.69 Å². The molecule has 1 aromatic carbocycles. The first kappa shape index (κ1) is 20.5. The van der Waals surface area contributed by atoms with Crippen LogP contribution in [-0.4, -0.2) is 31.8 Å². The van der Waals surface area contributed by atoms with Crippen molar-refractivity contribution in [3.8, 4) is 5.88 Å². The van der Waals surface area contributed by atoms with E-state index >= 15 is 0 Å². The first-order valence-corrected chi connectivity index (χ1v) is 9.38. The van der Waals surface area contributed by atoms with Crippen molar-refractivity contribution in [3.63, 3.8) is 0 Å². The maximum Gasteiger partial charge on any atom is 0.574 e. The maximum atomic E-state index is 12.7. The Hall–Kier alpha value is -3.82. The largest absolute Gasteiger partial charge is 0.574 e. The molecule has 1 atom stereocenters. The van der Waals surface area contributed by atoms with E-state index < -0.39 is 24.2 Å². The van der Waals surface area contributed by atoms with E-state index in [2.05, 4.69) is 25.0 Å². The molecule has 0 aliphatic carbocycles. The average Bonchev–Trinajstić information content (AvgIpc) is 3.37. The Morgan fingerprint density at radius 3 is 2.81 bits per heavy atom. The standard InChI is InChI=1S/C21H18F3N5O2/c1-13(16-5-3-7-19(28-16)31-21(22,23)24)26-20(30)18-10-15-14(4-2-6-17(15)27-18)11-29-9-8-25-12-29/h2-10,12-13,27H,11H2,1H3,(H,26,30). The number of alkyl halides is 3. The van der Waals surface area contributed by atoms with Crippen molar-refractivity contribution in [1.29, 1.82) is 0 Å². The van der Waals surface area contributed by atoms with E-state index in [0.717, 1.165) is 22.5 Å². The van der Waals surface area contributed by atoms with Gasteiger partial charge >= 0.3 is 6.36 Å². The van der Waals surface area contributed by atoms with Gasteiger partial charge in [0.2, 0.25) is 5.88 Å². The Morgan fingerprint density at radius 2 is 2.06 bits per heavy atom. The average molecular weight is 429 g/mol. The summed E-state index contributed by atoms with van der Waals surface area (Å²) in [6.07, 6.45) is 0.423. The molecule has 2 N–H and O–H groups in total. The third kappa shape index (κ3) is 4.85. The summed E-state index contributed by atoms with van der Waals surface area (Å²) < 4.78 is 43.0. The monoisotopic (exact) mass is 429 g/mol. The first-order valence-electron chi connectivity index (χ1n) is 9.38. The third-order valence-electron chi connectivity index (χ3n) is 4.67. The molecular weight excluding hydrogens is 411 g/mol. The molecule has 10 heteroatoms. The number of imidazole rings is 1. The number of nitrogens with one attached hydrogen (secondary N) is 2. The number of rotatable bonds is 6. The molecule has 0 bridgehead atoms. The molecule has 31 heavy (non-hydrogen) atoms. The fourth-order valence-electron chi connectivity index (χ4n) is 3.25. The SMILES string of the molecule is CC(NC(=O)c1cc2c(Cn3ccnc3)cccc2[nH]1)c1cccc(OC(F)(F)F)n1. The first-order chi connectivity index (χ1) is 14.8. The van der Waals surface area contributed by atoms with Crippen LogP contribution < -0.4 is 10.1 Å². The number of benzene rings is 1. The van der Waals surface area contributed by atoms with Crippen molar-refractivity contribution in [2.75, 3.05) is 0 Å². The van der Waals surface area contributed by atoms with Crippen LogP contribution in [0.2, 0.25) is 0 Å². The Bertz CT molecular complexity index is 1200. The molecule has 0 saturated heterocycles. The van der Waals surface area contributed by atoms with Crippen LogP contribution in [0.25, 0.3) is 10.9 Å². The number of ether oxygens (including phenoxy) is 1. The molecule has 3 aromatic heterocycles. The molecule has 1 amide bonds. The van der Waals surface area contributed by atoms with Crippen LogP contribution in [0.1, 0.15) is 34.7 Å². The molecular formula is C21H18F3N5O2. The number of fused-ring (bicyclic) bond motifs is 1. The zero-order chi connectivity index (χ0) is 22.0. The lowest BCUT2D eigenvalue weighted by atomic mass is 10.1. The molecule has 160 valence electrons. The quantitative estimate of drug-likeness (QED) is 0.481. The number of nitrogens with zero attached hydrogens (tertiary/aromatic N) is 3. The summed E-state index contributed by atoms with van der Waals surface area (Å²) >= 11 is 0. The van der Waals surface area contributed by atoms with Gasteiger partial charge in [-0.2, -0.15) is 0 Å². The maximum absolute atomic E-state index is 12.7. The van der Waals surface area contributed by atoms with Gasteiger partial charge in [0.05, 0.1) is 18.1 Å². The van der Waals surface area contributed by atoms with Crippen molar-refractivity contribution >= 4 is 16.8 Å². The molecule has 0 aliphatic heterocycles. The van der Waals surface area contributed by atoms with Crippen LogP contribution in [0.3, 0.4) is 0 Å². The van der Waals surface area contributed by atoms with Crippen LogP contribution in [0.15, 0.2) is 61.2 Å². The molecule has 0 saturated carbocycles. The van der Waals surface area contributed by atoms with Crippen LogP contribution in [-0.2, 0) is 6.54 Å². The van der Waals surface area contributed by atoms with Gasteiger partial charge in [0.15, 0.2) is 0 Å². The minimum atomic E-state index is -4.84. The van der Waals surface area contributed by atoms with Gasteiger partial charge in [0, 0.05) is 35.9 Å². The second kappa shape index (κ2) is 8.13. The van der Waals surface area contributed by atoms with Crippen molar-refractivity contribution in [3.05, 3.63) is 78.1 Å². The predicted molar refractivity (Wildman–Crippen MR) is 106 cm³/mol. The molecule has 3 heterocycles. The fourth-order valence-corrected chi connectivity index (χ4v) is 3.25. The van der Waals surface area contributed by atoms with Gasteiger partial charge in [0.25, 0.3) is 5.91 Å². The lowest BCUT2D eigenvalue weighted by Gasteiger charge is -2.14. The highest BCUT2D eigenvalue weighted by Crippen LogP contribution is 2.24. The lowest BCUT2D eigenvalue weighted by Crippen LogP contribution is -2.27. The van der Waals surface area contributed by atoms with Crippen molar-refractivity contribution in [1.82, 2.24) is 24.8 Å². The third-order valence-corrected chi connectivity index (χ3v) is 4.67. The highest BCUT2D eigenvalue weighted by Gasteiger charge is 2.32. The highest BCUT2D eigenvalue weighted by molar-refractivity contribution is 5.99. The van der Waals surface area contributed by atoms with Crippen LogP contribution in [0, 0.1) is 0 Å². The zero-order valence-corrected chi connectivity index (χ0v) is 16.3. The number of pyridine rings is 1. The van der Waals surface area contributed by atoms with Crippen molar-refractivity contribution in [2.24, 2.45) is 0 Å². The Balaban J connectivity index is 1.51. The van der Waals surface area contributed by atoms with E-state index in [-0.39, 0.29) is 5.69 Å². The number of amides is 1. The van der Waals surface area contributed by atoms with Gasteiger partial charge in [-0.1, -0.05) is 18.2 Å². The zero-order valence-electron chi connectivity index (χ0n) is 16.3. The molecule has 7 nitrogen and oxygen atoms in total. The molecule has 0 spiro atoms. The summed E-state index contributed by atoms with van der Waals surface area (Å²) in [5.41, 5.74) is 2.39. The summed E-state index contributed by atoms with van der Waals surface area (Å²) in [7, 11) is 0. The van der Waals surface area contributed by atoms with Crippen LogP contribution >= 0.6 is 0 Å². The number of carbonyl (C=O) groups is 1. The molecule has 4 aromatic rings. The second-order valence-electron chi connectivity index (χ2n) is 6.94. The molecule has 0 aliphatic rings. The van der Waals surface area contributed by atoms with E-state index in [9.17, 15) is 18.0 Å². The van der Waals surface area contributed by atoms with E-state index in [1.165, 1.54) is 12.1 Å². The van der Waals surface area contributed by atoms with Crippen LogP contribution in [0.4, 0.5) is 13.2 Å². The van der Waals surface area contributed by atoms with E-state index in [1.54, 1.807) is 25.5 Å². The number of hydrogen-bond donors (Lipinski definition) is 2. The molecule has 1 unspecified atom stereocenters. The number of hydrogen-bond acceptors (Lipinski definition) is 4. The minimum absolute atomic E-state index is 0.243. The number of halogens is 3. The normalized spacial score (nSPS) is 12.6. The number of carbonyl (C=O) groups excluding carboxylic acids is 1. The Kier molecular flexibility index (Phi) is 5.37. The topological polar surface area (TPSA) is 84.8 Å². The Labute approximate surface area is 174 Å². The summed E-state index contributed by atoms with van der Waals surface area (Å²) in [5.74, 6) is -0.984.